The molecule has 1 fully saturated rings. The first-order valence-electron chi connectivity index (χ1n) is 6.81. The van der Waals surface area contributed by atoms with Crippen molar-refractivity contribution in [2.75, 3.05) is 20.3 Å². The van der Waals surface area contributed by atoms with E-state index < -0.39 is 0 Å². The van der Waals surface area contributed by atoms with Gasteiger partial charge in [0.1, 0.15) is 5.75 Å². The van der Waals surface area contributed by atoms with Crippen LogP contribution in [0.2, 0.25) is 0 Å². The number of aromatic nitrogens is 1. The molecule has 0 bridgehead atoms. The van der Waals surface area contributed by atoms with Crippen LogP contribution in [0.3, 0.4) is 0 Å². The van der Waals surface area contributed by atoms with Gasteiger partial charge in [0.05, 0.1) is 12.6 Å². The van der Waals surface area contributed by atoms with E-state index in [4.69, 9.17) is 9.47 Å². The highest BCUT2D eigenvalue weighted by molar-refractivity contribution is 5.86. The van der Waals surface area contributed by atoms with Crippen LogP contribution in [0.15, 0.2) is 24.3 Å². The lowest BCUT2D eigenvalue weighted by Crippen LogP contribution is -2.14. The smallest absolute Gasteiger partial charge is 0.130 e. The Morgan fingerprint density at radius 3 is 2.74 bits per heavy atom. The van der Waals surface area contributed by atoms with E-state index in [9.17, 15) is 0 Å². The third kappa shape index (κ3) is 2.43. The van der Waals surface area contributed by atoms with Crippen LogP contribution in [-0.2, 0) is 4.74 Å². The number of benzene rings is 1. The van der Waals surface area contributed by atoms with Crippen molar-refractivity contribution >= 4 is 10.9 Å². The van der Waals surface area contributed by atoms with Crippen molar-refractivity contribution in [3.05, 3.63) is 35.5 Å². The van der Waals surface area contributed by atoms with Crippen molar-refractivity contribution in [2.45, 2.75) is 25.7 Å². The first-order valence-corrected chi connectivity index (χ1v) is 6.81. The second-order valence-corrected chi connectivity index (χ2v) is 5.13. The van der Waals surface area contributed by atoms with Crippen molar-refractivity contribution in [1.82, 2.24) is 4.98 Å². The maximum absolute atomic E-state index is 5.49. The van der Waals surface area contributed by atoms with E-state index in [1.54, 1.807) is 7.11 Å². The minimum atomic E-state index is 0.601. The van der Waals surface area contributed by atoms with Gasteiger partial charge in [0.15, 0.2) is 0 Å². The van der Waals surface area contributed by atoms with Crippen LogP contribution >= 0.6 is 0 Å². The Labute approximate surface area is 113 Å². The standard InChI is InChI=1S/C16H19NO2/c1-11-9-16(18-2)14-10-13(3-4-15(14)17-11)12-5-7-19-8-6-12/h3-4,9-10,12H,5-8H2,1-2H3. The zero-order valence-corrected chi connectivity index (χ0v) is 11.5. The van der Waals surface area contributed by atoms with Gasteiger partial charge in [-0.05, 0) is 43.4 Å². The fourth-order valence-electron chi connectivity index (χ4n) is 2.79. The van der Waals surface area contributed by atoms with Gasteiger partial charge in [-0.25, -0.2) is 0 Å². The Bertz CT molecular complexity index is 589. The monoisotopic (exact) mass is 257 g/mol. The lowest BCUT2D eigenvalue weighted by molar-refractivity contribution is 0.0853. The molecule has 1 saturated heterocycles. The van der Waals surface area contributed by atoms with Gasteiger partial charge in [0, 0.05) is 30.4 Å². The van der Waals surface area contributed by atoms with E-state index in [2.05, 4.69) is 23.2 Å². The van der Waals surface area contributed by atoms with Gasteiger partial charge in [0.2, 0.25) is 0 Å². The SMILES string of the molecule is COc1cc(C)nc2ccc(C3CCOCC3)cc12. The number of ether oxygens (including phenoxy) is 2. The molecule has 0 atom stereocenters. The molecule has 1 aromatic carbocycles. The number of hydrogen-bond donors (Lipinski definition) is 0. The number of aryl methyl sites for hydroxylation is 1. The lowest BCUT2D eigenvalue weighted by atomic mass is 9.91. The van der Waals surface area contributed by atoms with Gasteiger partial charge in [-0.2, -0.15) is 0 Å². The fourth-order valence-corrected chi connectivity index (χ4v) is 2.79. The zero-order chi connectivity index (χ0) is 13.2. The van der Waals surface area contributed by atoms with Crippen LogP contribution < -0.4 is 4.74 Å². The minimum absolute atomic E-state index is 0.601. The normalized spacial score (nSPS) is 16.7. The van der Waals surface area contributed by atoms with E-state index in [1.165, 1.54) is 5.56 Å². The van der Waals surface area contributed by atoms with Crippen molar-refractivity contribution < 1.29 is 9.47 Å². The molecule has 0 unspecified atom stereocenters. The van der Waals surface area contributed by atoms with E-state index >= 15 is 0 Å². The third-order valence-electron chi connectivity index (χ3n) is 3.84. The van der Waals surface area contributed by atoms with Crippen molar-refractivity contribution in [1.29, 1.82) is 0 Å². The first-order chi connectivity index (χ1) is 9.28. The Morgan fingerprint density at radius 2 is 2.00 bits per heavy atom. The number of fused-ring (bicyclic) bond motifs is 1. The van der Waals surface area contributed by atoms with Gasteiger partial charge in [0.25, 0.3) is 0 Å². The molecule has 0 spiro atoms. The largest absolute Gasteiger partial charge is 0.496 e. The Morgan fingerprint density at radius 1 is 1.21 bits per heavy atom. The van der Waals surface area contributed by atoms with Gasteiger partial charge in [-0.3, -0.25) is 4.98 Å². The summed E-state index contributed by atoms with van der Waals surface area (Å²) in [7, 11) is 1.72. The van der Waals surface area contributed by atoms with E-state index in [-0.39, 0.29) is 0 Å². The molecule has 100 valence electrons. The van der Waals surface area contributed by atoms with E-state index in [0.717, 1.165) is 48.4 Å². The number of methoxy groups -OCH3 is 1. The second-order valence-electron chi connectivity index (χ2n) is 5.13. The molecule has 3 heteroatoms. The van der Waals surface area contributed by atoms with Gasteiger partial charge < -0.3 is 9.47 Å². The molecule has 0 radical (unpaired) electrons. The Balaban J connectivity index is 2.06. The quantitative estimate of drug-likeness (QED) is 0.825. The molecule has 2 heterocycles. The molecule has 1 aromatic heterocycles. The number of hydrogen-bond acceptors (Lipinski definition) is 3. The minimum Gasteiger partial charge on any atom is -0.496 e. The summed E-state index contributed by atoms with van der Waals surface area (Å²) in [5.41, 5.74) is 3.37. The highest BCUT2D eigenvalue weighted by Crippen LogP contribution is 2.32. The molecule has 19 heavy (non-hydrogen) atoms. The van der Waals surface area contributed by atoms with Gasteiger partial charge in [-0.15, -0.1) is 0 Å². The highest BCUT2D eigenvalue weighted by atomic mass is 16.5. The average molecular weight is 257 g/mol. The van der Waals surface area contributed by atoms with Gasteiger partial charge >= 0.3 is 0 Å². The molecule has 0 amide bonds. The van der Waals surface area contributed by atoms with Crippen molar-refractivity contribution in [2.24, 2.45) is 0 Å². The van der Waals surface area contributed by atoms with Crippen LogP contribution in [-0.4, -0.2) is 25.3 Å². The maximum atomic E-state index is 5.49. The van der Waals surface area contributed by atoms with Gasteiger partial charge in [-0.1, -0.05) is 6.07 Å². The van der Waals surface area contributed by atoms with Crippen LogP contribution in [0, 0.1) is 6.92 Å². The summed E-state index contributed by atoms with van der Waals surface area (Å²) in [6, 6.07) is 8.53. The van der Waals surface area contributed by atoms with E-state index in [1.807, 2.05) is 13.0 Å². The zero-order valence-electron chi connectivity index (χ0n) is 11.5. The molecule has 0 saturated carbocycles. The summed E-state index contributed by atoms with van der Waals surface area (Å²) in [5, 5.41) is 1.11. The highest BCUT2D eigenvalue weighted by Gasteiger charge is 2.17. The Kier molecular flexibility index (Phi) is 3.38. The van der Waals surface area contributed by atoms with Crippen LogP contribution in [0.25, 0.3) is 10.9 Å². The number of nitrogens with zero attached hydrogens (tertiary/aromatic N) is 1. The van der Waals surface area contributed by atoms with Crippen molar-refractivity contribution in [3.8, 4) is 5.75 Å². The first kappa shape index (κ1) is 12.4. The predicted molar refractivity (Wildman–Crippen MR) is 75.8 cm³/mol. The summed E-state index contributed by atoms with van der Waals surface area (Å²) < 4.78 is 10.9. The fraction of sp³-hybridized carbons (Fsp3) is 0.438. The lowest BCUT2D eigenvalue weighted by Gasteiger charge is -2.22. The molecule has 3 nitrogen and oxygen atoms in total. The predicted octanol–water partition coefficient (Wildman–Crippen LogP) is 3.45. The molecule has 0 N–H and O–H groups in total. The second kappa shape index (κ2) is 5.17. The summed E-state index contributed by atoms with van der Waals surface area (Å²) in [6.07, 6.45) is 2.21. The van der Waals surface area contributed by atoms with Crippen LogP contribution in [0.4, 0.5) is 0 Å². The van der Waals surface area contributed by atoms with Crippen molar-refractivity contribution in [3.63, 3.8) is 0 Å². The van der Waals surface area contributed by atoms with Crippen LogP contribution in [0.1, 0.15) is 30.0 Å². The Hall–Kier alpha value is -1.61. The summed E-state index contributed by atoms with van der Waals surface area (Å²) in [4.78, 5) is 4.57. The third-order valence-corrected chi connectivity index (χ3v) is 3.84. The van der Waals surface area contributed by atoms with E-state index in [0.29, 0.717) is 5.92 Å². The molecular formula is C16H19NO2. The summed E-state index contributed by atoms with van der Waals surface area (Å²) >= 11 is 0. The summed E-state index contributed by atoms with van der Waals surface area (Å²) in [6.45, 7) is 3.73. The molecule has 3 rings (SSSR count). The summed E-state index contributed by atoms with van der Waals surface area (Å²) in [5.74, 6) is 1.51. The molecule has 1 aliphatic rings. The maximum Gasteiger partial charge on any atom is 0.130 e. The number of rotatable bonds is 2. The van der Waals surface area contributed by atoms with Crippen LogP contribution in [0.5, 0.6) is 5.75 Å². The molecule has 2 aromatic rings. The number of pyridine rings is 1. The molecule has 0 aliphatic carbocycles. The molecular weight excluding hydrogens is 238 g/mol. The topological polar surface area (TPSA) is 31.4 Å². The molecule has 1 aliphatic heterocycles. The average Bonchev–Trinajstić information content (AvgIpc) is 2.46.